The molecule has 5 heteroatoms. The van der Waals surface area contributed by atoms with E-state index in [0.29, 0.717) is 12.5 Å². The second-order valence-corrected chi connectivity index (χ2v) is 6.47. The number of benzene rings is 1. The van der Waals surface area contributed by atoms with Crippen molar-refractivity contribution in [1.82, 2.24) is 9.97 Å². The number of allylic oxidation sites excluding steroid dienone is 1. The Labute approximate surface area is 148 Å². The molecule has 0 fully saturated rings. The zero-order chi connectivity index (χ0) is 16.6. The van der Waals surface area contributed by atoms with Crippen LogP contribution in [0.5, 0.6) is 0 Å². The lowest BCUT2D eigenvalue weighted by atomic mass is 9.97. The van der Waals surface area contributed by atoms with Gasteiger partial charge in [0.2, 0.25) is 5.95 Å². The molecule has 24 heavy (non-hydrogen) atoms. The maximum Gasteiger partial charge on any atom is 0.224 e. The SMILES string of the molecule is Clc1ccc(CNc2nccc(NCCC3=CCCCC3)n2)cc1. The first kappa shape index (κ1) is 16.8. The Morgan fingerprint density at radius 1 is 1.04 bits per heavy atom. The molecule has 0 saturated heterocycles. The van der Waals surface area contributed by atoms with E-state index in [0.717, 1.165) is 29.4 Å². The molecule has 2 N–H and O–H groups in total. The summed E-state index contributed by atoms with van der Waals surface area (Å²) in [4.78, 5) is 8.78. The Bertz CT molecular complexity index is 682. The van der Waals surface area contributed by atoms with Gasteiger partial charge in [-0.05, 0) is 55.9 Å². The largest absolute Gasteiger partial charge is 0.370 e. The van der Waals surface area contributed by atoms with Crippen LogP contribution in [0.4, 0.5) is 11.8 Å². The normalized spacial score (nSPS) is 14.1. The summed E-state index contributed by atoms with van der Waals surface area (Å²) in [6.07, 6.45) is 10.4. The van der Waals surface area contributed by atoms with Crippen molar-refractivity contribution in [2.75, 3.05) is 17.2 Å². The highest BCUT2D eigenvalue weighted by molar-refractivity contribution is 6.30. The highest BCUT2D eigenvalue weighted by Crippen LogP contribution is 2.20. The van der Waals surface area contributed by atoms with Crippen LogP contribution in [-0.4, -0.2) is 16.5 Å². The maximum atomic E-state index is 5.90. The van der Waals surface area contributed by atoms with E-state index in [1.54, 1.807) is 11.8 Å². The monoisotopic (exact) mass is 342 g/mol. The summed E-state index contributed by atoms with van der Waals surface area (Å²) < 4.78 is 0. The van der Waals surface area contributed by atoms with Gasteiger partial charge in [0.05, 0.1) is 0 Å². The predicted octanol–water partition coefficient (Wildman–Crippen LogP) is 5.04. The van der Waals surface area contributed by atoms with Gasteiger partial charge in [-0.15, -0.1) is 0 Å². The third-order valence-electron chi connectivity index (χ3n) is 4.16. The van der Waals surface area contributed by atoms with Crippen molar-refractivity contribution in [3.63, 3.8) is 0 Å². The van der Waals surface area contributed by atoms with Gasteiger partial charge in [-0.2, -0.15) is 4.98 Å². The molecule has 4 nitrogen and oxygen atoms in total. The van der Waals surface area contributed by atoms with E-state index >= 15 is 0 Å². The Kier molecular flexibility index (Phi) is 6.07. The Morgan fingerprint density at radius 2 is 1.92 bits per heavy atom. The molecule has 1 aliphatic carbocycles. The van der Waals surface area contributed by atoms with Gasteiger partial charge >= 0.3 is 0 Å². The molecule has 0 atom stereocenters. The van der Waals surface area contributed by atoms with E-state index in [4.69, 9.17) is 11.6 Å². The molecule has 0 radical (unpaired) electrons. The van der Waals surface area contributed by atoms with Crippen LogP contribution in [0.3, 0.4) is 0 Å². The van der Waals surface area contributed by atoms with Gasteiger partial charge in [0, 0.05) is 24.3 Å². The van der Waals surface area contributed by atoms with Crippen molar-refractivity contribution in [2.24, 2.45) is 0 Å². The fourth-order valence-corrected chi connectivity index (χ4v) is 2.93. The first-order chi connectivity index (χ1) is 11.8. The number of rotatable bonds is 7. The molecule has 2 aromatic rings. The van der Waals surface area contributed by atoms with Crippen LogP contribution in [0.2, 0.25) is 5.02 Å². The van der Waals surface area contributed by atoms with Crippen molar-refractivity contribution < 1.29 is 0 Å². The van der Waals surface area contributed by atoms with Crippen molar-refractivity contribution in [2.45, 2.75) is 38.6 Å². The quantitative estimate of drug-likeness (QED) is 0.692. The van der Waals surface area contributed by atoms with Crippen LogP contribution in [0.15, 0.2) is 48.2 Å². The van der Waals surface area contributed by atoms with Gasteiger partial charge < -0.3 is 10.6 Å². The molecule has 1 aromatic heterocycles. The first-order valence-electron chi connectivity index (χ1n) is 8.53. The fourth-order valence-electron chi connectivity index (χ4n) is 2.81. The number of hydrogen-bond donors (Lipinski definition) is 2. The molecule has 0 saturated carbocycles. The molecule has 3 rings (SSSR count). The topological polar surface area (TPSA) is 49.8 Å². The molecular formula is C19H23ClN4. The zero-order valence-corrected chi connectivity index (χ0v) is 14.5. The summed E-state index contributed by atoms with van der Waals surface area (Å²) >= 11 is 5.90. The first-order valence-corrected chi connectivity index (χ1v) is 8.90. The van der Waals surface area contributed by atoms with Crippen LogP contribution < -0.4 is 10.6 Å². The summed E-state index contributed by atoms with van der Waals surface area (Å²) in [5.41, 5.74) is 2.72. The van der Waals surface area contributed by atoms with Crippen molar-refractivity contribution in [1.29, 1.82) is 0 Å². The van der Waals surface area contributed by atoms with Crippen LogP contribution in [0.1, 0.15) is 37.7 Å². The minimum Gasteiger partial charge on any atom is -0.370 e. The van der Waals surface area contributed by atoms with E-state index in [-0.39, 0.29) is 0 Å². The van der Waals surface area contributed by atoms with E-state index in [2.05, 4.69) is 26.7 Å². The van der Waals surface area contributed by atoms with Crippen molar-refractivity contribution >= 4 is 23.4 Å². The van der Waals surface area contributed by atoms with Crippen molar-refractivity contribution in [3.8, 4) is 0 Å². The van der Waals surface area contributed by atoms with Crippen LogP contribution in [0.25, 0.3) is 0 Å². The molecule has 0 unspecified atom stereocenters. The third-order valence-corrected chi connectivity index (χ3v) is 4.41. The molecule has 0 aliphatic heterocycles. The Hall–Kier alpha value is -2.07. The molecule has 126 valence electrons. The number of aromatic nitrogens is 2. The van der Waals surface area contributed by atoms with Gasteiger partial charge in [0.25, 0.3) is 0 Å². The van der Waals surface area contributed by atoms with Crippen molar-refractivity contribution in [3.05, 3.63) is 58.8 Å². The zero-order valence-electron chi connectivity index (χ0n) is 13.8. The molecule has 1 aromatic carbocycles. The standard InChI is InChI=1S/C19H23ClN4/c20-17-8-6-16(7-9-17)14-23-19-22-13-11-18(24-19)21-12-10-15-4-2-1-3-5-15/h4,6-9,11,13H,1-3,5,10,12,14H2,(H2,21,22,23,24). The third kappa shape index (κ3) is 5.24. The highest BCUT2D eigenvalue weighted by Gasteiger charge is 2.04. The maximum absolute atomic E-state index is 5.90. The van der Waals surface area contributed by atoms with E-state index < -0.39 is 0 Å². The number of halogens is 1. The average molecular weight is 343 g/mol. The highest BCUT2D eigenvalue weighted by atomic mass is 35.5. The lowest BCUT2D eigenvalue weighted by Crippen LogP contribution is -2.08. The smallest absolute Gasteiger partial charge is 0.224 e. The van der Waals surface area contributed by atoms with E-state index in [1.807, 2.05) is 30.3 Å². The van der Waals surface area contributed by atoms with Gasteiger partial charge in [-0.3, -0.25) is 0 Å². The van der Waals surface area contributed by atoms with E-state index in [1.165, 1.54) is 25.7 Å². The minimum atomic E-state index is 0.631. The summed E-state index contributed by atoms with van der Waals surface area (Å²) in [6.45, 7) is 1.59. The Balaban J connectivity index is 1.48. The summed E-state index contributed by atoms with van der Waals surface area (Å²) in [5, 5.41) is 7.38. The summed E-state index contributed by atoms with van der Waals surface area (Å²) in [6, 6.07) is 9.67. The molecule has 1 aliphatic rings. The molecule has 1 heterocycles. The number of anilines is 2. The lowest BCUT2D eigenvalue weighted by molar-refractivity contribution is 0.679. The van der Waals surface area contributed by atoms with Crippen LogP contribution in [0, 0.1) is 0 Å². The second kappa shape index (κ2) is 8.69. The number of nitrogens with zero attached hydrogens (tertiary/aromatic N) is 2. The molecule has 0 spiro atoms. The van der Waals surface area contributed by atoms with Crippen LogP contribution >= 0.6 is 11.6 Å². The average Bonchev–Trinajstić information content (AvgIpc) is 2.63. The summed E-state index contributed by atoms with van der Waals surface area (Å²) in [7, 11) is 0. The van der Waals surface area contributed by atoms with Crippen LogP contribution in [-0.2, 0) is 6.54 Å². The van der Waals surface area contributed by atoms with Gasteiger partial charge in [0.15, 0.2) is 0 Å². The van der Waals surface area contributed by atoms with Gasteiger partial charge in [-0.1, -0.05) is 35.4 Å². The van der Waals surface area contributed by atoms with E-state index in [9.17, 15) is 0 Å². The Morgan fingerprint density at radius 3 is 2.71 bits per heavy atom. The predicted molar refractivity (Wildman–Crippen MR) is 100 cm³/mol. The summed E-state index contributed by atoms with van der Waals surface area (Å²) in [5.74, 6) is 1.49. The fraction of sp³-hybridized carbons (Fsp3) is 0.368. The molecule has 0 amide bonds. The van der Waals surface area contributed by atoms with Gasteiger partial charge in [0.1, 0.15) is 5.82 Å². The number of hydrogen-bond acceptors (Lipinski definition) is 4. The molecular weight excluding hydrogens is 320 g/mol. The lowest BCUT2D eigenvalue weighted by Gasteiger charge is -2.13. The minimum absolute atomic E-state index is 0.631. The van der Waals surface area contributed by atoms with Gasteiger partial charge in [-0.25, -0.2) is 4.98 Å². The molecule has 0 bridgehead atoms. The second-order valence-electron chi connectivity index (χ2n) is 6.03. The number of nitrogens with one attached hydrogen (secondary N) is 2.